The van der Waals surface area contributed by atoms with E-state index in [1.807, 2.05) is 0 Å². The molecule has 23 heavy (non-hydrogen) atoms. The summed E-state index contributed by atoms with van der Waals surface area (Å²) in [5.74, 6) is -1.50. The molecule has 116 valence electrons. The average molecular weight is 312 g/mol. The Morgan fingerprint density at radius 2 is 1.74 bits per heavy atom. The Morgan fingerprint density at radius 1 is 1.09 bits per heavy atom. The zero-order valence-electron chi connectivity index (χ0n) is 12.1. The number of nitrogens with zero attached hydrogens (tertiary/aromatic N) is 2. The van der Waals surface area contributed by atoms with Gasteiger partial charge in [-0.1, -0.05) is 22.4 Å². The van der Waals surface area contributed by atoms with Crippen LogP contribution in [0, 0.1) is 0 Å². The van der Waals surface area contributed by atoms with Gasteiger partial charge in [0.1, 0.15) is 5.76 Å². The molecule has 7 nitrogen and oxygen atoms in total. The summed E-state index contributed by atoms with van der Waals surface area (Å²) in [6.07, 6.45) is 3.31. The predicted octanol–water partition coefficient (Wildman–Crippen LogP) is 1.92. The molecule has 0 fully saturated rings. The van der Waals surface area contributed by atoms with E-state index in [-0.39, 0.29) is 16.8 Å². The molecule has 0 bridgehead atoms. The fraction of sp³-hybridized carbons (Fsp3) is 0.250. The maximum Gasteiger partial charge on any atom is 0.385 e. The van der Waals surface area contributed by atoms with Crippen molar-refractivity contribution in [2.75, 3.05) is 0 Å². The number of aromatic nitrogens is 1. The van der Waals surface area contributed by atoms with Crippen LogP contribution in [0.1, 0.15) is 55.4 Å². The molecule has 2 heterocycles. The minimum absolute atomic E-state index is 0.0382. The number of fused-ring (bicyclic) bond motifs is 2. The van der Waals surface area contributed by atoms with Gasteiger partial charge in [0.05, 0.1) is 11.1 Å². The van der Waals surface area contributed by atoms with Crippen molar-refractivity contribution in [2.45, 2.75) is 25.7 Å². The summed E-state index contributed by atoms with van der Waals surface area (Å²) in [7, 11) is 0. The number of imide groups is 1. The Morgan fingerprint density at radius 3 is 2.43 bits per heavy atom. The second-order valence-electron chi connectivity index (χ2n) is 5.47. The van der Waals surface area contributed by atoms with Crippen LogP contribution in [0.25, 0.3) is 0 Å². The van der Waals surface area contributed by atoms with Crippen molar-refractivity contribution in [3.63, 3.8) is 0 Å². The lowest BCUT2D eigenvalue weighted by atomic mass is 9.96. The van der Waals surface area contributed by atoms with Gasteiger partial charge in [0.25, 0.3) is 11.8 Å². The number of rotatable bonds is 2. The van der Waals surface area contributed by atoms with E-state index in [9.17, 15) is 14.4 Å². The highest BCUT2D eigenvalue weighted by Gasteiger charge is 2.39. The van der Waals surface area contributed by atoms with Crippen molar-refractivity contribution in [3.8, 4) is 0 Å². The molecule has 1 aromatic heterocycles. The number of aryl methyl sites for hydroxylation is 1. The normalized spacial score (nSPS) is 16.3. The third-order valence-electron chi connectivity index (χ3n) is 4.07. The highest BCUT2D eigenvalue weighted by Crippen LogP contribution is 2.27. The van der Waals surface area contributed by atoms with Crippen molar-refractivity contribution in [2.24, 2.45) is 0 Å². The van der Waals surface area contributed by atoms with Crippen molar-refractivity contribution in [3.05, 3.63) is 52.4 Å². The monoisotopic (exact) mass is 312 g/mol. The molecule has 1 aliphatic heterocycles. The van der Waals surface area contributed by atoms with Gasteiger partial charge in [-0.25, -0.2) is 4.79 Å². The van der Waals surface area contributed by atoms with Gasteiger partial charge in [0.15, 0.2) is 5.69 Å². The fourth-order valence-corrected chi connectivity index (χ4v) is 2.92. The molecule has 0 unspecified atom stereocenters. The summed E-state index contributed by atoms with van der Waals surface area (Å²) in [6.45, 7) is 0. The number of hydroxylamine groups is 2. The summed E-state index contributed by atoms with van der Waals surface area (Å²) >= 11 is 0. The van der Waals surface area contributed by atoms with Crippen molar-refractivity contribution in [1.82, 2.24) is 10.2 Å². The lowest BCUT2D eigenvalue weighted by Gasteiger charge is -2.13. The Kier molecular flexibility index (Phi) is 3.00. The summed E-state index contributed by atoms with van der Waals surface area (Å²) in [5, 5.41) is 4.22. The number of hydrogen-bond acceptors (Lipinski definition) is 6. The topological polar surface area (TPSA) is 89.7 Å². The number of carbonyl (C=O) groups excluding carboxylic acids is 3. The first-order valence-corrected chi connectivity index (χ1v) is 7.34. The summed E-state index contributed by atoms with van der Waals surface area (Å²) in [6, 6.07) is 6.31. The highest BCUT2D eigenvalue weighted by atomic mass is 16.7. The Hall–Kier alpha value is -2.96. The molecule has 2 aliphatic rings. The number of amides is 2. The molecule has 0 N–H and O–H groups in total. The van der Waals surface area contributed by atoms with Crippen LogP contribution in [-0.2, 0) is 17.7 Å². The van der Waals surface area contributed by atoms with Crippen LogP contribution in [0.2, 0.25) is 0 Å². The first kappa shape index (κ1) is 13.7. The zero-order valence-corrected chi connectivity index (χ0v) is 12.1. The molecular weight excluding hydrogens is 300 g/mol. The van der Waals surface area contributed by atoms with Crippen LogP contribution in [0.15, 0.2) is 28.8 Å². The summed E-state index contributed by atoms with van der Waals surface area (Å²) in [5.41, 5.74) is 1.18. The summed E-state index contributed by atoms with van der Waals surface area (Å²) < 4.78 is 5.15. The maximum atomic E-state index is 12.3. The first-order valence-electron chi connectivity index (χ1n) is 7.34. The van der Waals surface area contributed by atoms with Crippen LogP contribution in [0.3, 0.4) is 0 Å². The number of hydrogen-bond donors (Lipinski definition) is 0. The van der Waals surface area contributed by atoms with Crippen LogP contribution in [0.4, 0.5) is 0 Å². The van der Waals surface area contributed by atoms with Crippen LogP contribution in [-0.4, -0.2) is 28.0 Å². The molecule has 1 aromatic carbocycles. The third-order valence-corrected chi connectivity index (χ3v) is 4.07. The minimum atomic E-state index is -0.855. The van der Waals surface area contributed by atoms with E-state index in [1.54, 1.807) is 12.1 Å². The molecular formula is C16H12N2O5. The molecule has 0 atom stereocenters. The largest absolute Gasteiger partial charge is 0.385 e. The zero-order chi connectivity index (χ0) is 16.0. The fourth-order valence-electron chi connectivity index (χ4n) is 2.92. The minimum Gasteiger partial charge on any atom is -0.360 e. The molecule has 0 saturated carbocycles. The van der Waals surface area contributed by atoms with E-state index in [4.69, 9.17) is 9.36 Å². The van der Waals surface area contributed by atoms with E-state index in [2.05, 4.69) is 5.16 Å². The number of carbonyl (C=O) groups is 3. The Balaban J connectivity index is 1.60. The SMILES string of the molecule is O=C(ON1C(=O)c2ccccc2C1=O)c1noc2c1CCCC2. The smallest absolute Gasteiger partial charge is 0.360 e. The lowest BCUT2D eigenvalue weighted by Crippen LogP contribution is -2.33. The Labute approximate surface area is 130 Å². The second kappa shape index (κ2) is 5.05. The van der Waals surface area contributed by atoms with E-state index < -0.39 is 17.8 Å². The van der Waals surface area contributed by atoms with Crippen molar-refractivity contribution >= 4 is 17.8 Å². The third kappa shape index (κ3) is 2.04. The predicted molar refractivity (Wildman–Crippen MR) is 75.5 cm³/mol. The van der Waals surface area contributed by atoms with Crippen molar-refractivity contribution < 1.29 is 23.7 Å². The van der Waals surface area contributed by atoms with Gasteiger partial charge in [-0.15, -0.1) is 0 Å². The van der Waals surface area contributed by atoms with Crippen LogP contribution >= 0.6 is 0 Å². The molecule has 4 rings (SSSR count). The molecule has 0 saturated heterocycles. The molecule has 0 spiro atoms. The highest BCUT2D eigenvalue weighted by molar-refractivity contribution is 6.21. The molecule has 7 heteroatoms. The first-order chi connectivity index (χ1) is 11.2. The standard InChI is InChI=1S/C16H12N2O5/c19-14-9-5-1-2-6-10(9)15(20)18(14)23-16(21)13-11-7-3-4-8-12(11)22-17-13/h1-2,5-6H,3-4,7-8H2. The maximum absolute atomic E-state index is 12.3. The summed E-state index contributed by atoms with van der Waals surface area (Å²) in [4.78, 5) is 41.7. The molecule has 0 radical (unpaired) electrons. The second-order valence-corrected chi connectivity index (χ2v) is 5.47. The van der Waals surface area contributed by atoms with Gasteiger partial charge in [-0.2, -0.15) is 0 Å². The van der Waals surface area contributed by atoms with E-state index in [0.29, 0.717) is 22.8 Å². The molecule has 2 aromatic rings. The van der Waals surface area contributed by atoms with Crippen LogP contribution in [0.5, 0.6) is 0 Å². The van der Waals surface area contributed by atoms with Gasteiger partial charge < -0.3 is 9.36 Å². The lowest BCUT2D eigenvalue weighted by molar-refractivity contribution is -0.0591. The number of benzene rings is 1. The Bertz CT molecular complexity index is 804. The van der Waals surface area contributed by atoms with Gasteiger partial charge >= 0.3 is 5.97 Å². The quantitative estimate of drug-likeness (QED) is 0.787. The van der Waals surface area contributed by atoms with Gasteiger partial charge in [-0.3, -0.25) is 9.59 Å². The molecule has 1 aliphatic carbocycles. The molecule has 2 amide bonds. The van der Waals surface area contributed by atoms with Gasteiger partial charge in [-0.05, 0) is 31.4 Å². The van der Waals surface area contributed by atoms with Crippen molar-refractivity contribution in [1.29, 1.82) is 0 Å². The van der Waals surface area contributed by atoms with E-state index in [1.165, 1.54) is 12.1 Å². The van der Waals surface area contributed by atoms with Gasteiger partial charge in [0, 0.05) is 12.0 Å². The average Bonchev–Trinajstić information content (AvgIpc) is 3.11. The van der Waals surface area contributed by atoms with Gasteiger partial charge in [0.2, 0.25) is 0 Å². The van der Waals surface area contributed by atoms with E-state index in [0.717, 1.165) is 19.3 Å². The van der Waals surface area contributed by atoms with E-state index >= 15 is 0 Å². The van der Waals surface area contributed by atoms with Crippen LogP contribution < -0.4 is 0 Å².